The molecule has 2 heterocycles. The first-order valence-corrected chi connectivity index (χ1v) is 7.70. The van der Waals surface area contributed by atoms with Gasteiger partial charge in [-0.3, -0.25) is 20.5 Å². The Morgan fingerprint density at radius 1 is 1.30 bits per heavy atom. The number of rotatable bonds is 3. The van der Waals surface area contributed by atoms with Crippen LogP contribution in [0.3, 0.4) is 0 Å². The highest BCUT2D eigenvalue weighted by atomic mass is 16.6. The summed E-state index contributed by atoms with van der Waals surface area (Å²) in [5.74, 6) is 4.97. The zero-order chi connectivity index (χ0) is 17.2. The number of nitrogens with two attached hydrogens (primary N) is 1. The standard InChI is InChI=1S/C15H25N5O3/c1-15(2,3)23-14(22)20-10-5-6-11(20)9-19(8-10)13(21)12(17-4)7-18-16/h7,10-11,18H,4-6,8-9,16H2,1-3H3/b12-7-. The van der Waals surface area contributed by atoms with Gasteiger partial charge < -0.3 is 15.1 Å². The molecule has 2 aliphatic rings. The quantitative estimate of drug-likeness (QED) is 0.343. The smallest absolute Gasteiger partial charge is 0.410 e. The number of fused-ring (bicyclic) bond motifs is 2. The van der Waals surface area contributed by atoms with Crippen LogP contribution in [0.4, 0.5) is 4.79 Å². The molecule has 0 radical (unpaired) electrons. The van der Waals surface area contributed by atoms with Crippen molar-refractivity contribution in [1.82, 2.24) is 15.2 Å². The summed E-state index contributed by atoms with van der Waals surface area (Å²) in [5.41, 5.74) is 1.94. The second-order valence-electron chi connectivity index (χ2n) is 6.84. The number of aliphatic imine (C=N–C) groups is 1. The maximum Gasteiger partial charge on any atom is 0.410 e. The van der Waals surface area contributed by atoms with Crippen molar-refractivity contribution in [2.45, 2.75) is 51.3 Å². The number of hydrogen-bond acceptors (Lipinski definition) is 6. The number of amides is 2. The highest BCUT2D eigenvalue weighted by Crippen LogP contribution is 2.32. The zero-order valence-corrected chi connectivity index (χ0v) is 13.9. The second-order valence-corrected chi connectivity index (χ2v) is 6.84. The van der Waals surface area contributed by atoms with E-state index >= 15 is 0 Å². The van der Waals surface area contributed by atoms with E-state index in [1.807, 2.05) is 20.8 Å². The molecule has 0 aromatic heterocycles. The Morgan fingerprint density at radius 3 is 2.30 bits per heavy atom. The number of nitrogens with zero attached hydrogens (tertiary/aromatic N) is 3. The van der Waals surface area contributed by atoms with Gasteiger partial charge in [-0.1, -0.05) is 0 Å². The first-order valence-electron chi connectivity index (χ1n) is 7.70. The van der Waals surface area contributed by atoms with E-state index < -0.39 is 5.60 Å². The summed E-state index contributed by atoms with van der Waals surface area (Å²) < 4.78 is 5.48. The fourth-order valence-corrected chi connectivity index (χ4v) is 3.10. The molecule has 2 amide bonds. The van der Waals surface area contributed by atoms with Crippen molar-refractivity contribution in [3.8, 4) is 0 Å². The molecule has 0 saturated carbocycles. The van der Waals surface area contributed by atoms with E-state index in [4.69, 9.17) is 10.6 Å². The molecule has 0 aliphatic carbocycles. The van der Waals surface area contributed by atoms with Gasteiger partial charge in [-0.2, -0.15) is 0 Å². The van der Waals surface area contributed by atoms with Gasteiger partial charge in [-0.25, -0.2) is 4.79 Å². The normalized spacial score (nSPS) is 24.4. The first-order chi connectivity index (χ1) is 10.8. The summed E-state index contributed by atoms with van der Waals surface area (Å²) in [4.78, 5) is 32.0. The molecule has 2 saturated heterocycles. The summed E-state index contributed by atoms with van der Waals surface area (Å²) in [7, 11) is 0. The molecule has 2 rings (SSSR count). The fourth-order valence-electron chi connectivity index (χ4n) is 3.10. The van der Waals surface area contributed by atoms with E-state index in [9.17, 15) is 9.59 Å². The highest BCUT2D eigenvalue weighted by molar-refractivity contribution is 5.94. The number of hydrazine groups is 1. The predicted molar refractivity (Wildman–Crippen MR) is 86.4 cm³/mol. The van der Waals surface area contributed by atoms with Crippen molar-refractivity contribution in [3.05, 3.63) is 11.9 Å². The lowest BCUT2D eigenvalue weighted by Gasteiger charge is -2.41. The van der Waals surface area contributed by atoms with Crippen molar-refractivity contribution >= 4 is 18.7 Å². The third-order valence-electron chi connectivity index (χ3n) is 3.98. The van der Waals surface area contributed by atoms with Gasteiger partial charge in [0.05, 0.1) is 12.1 Å². The van der Waals surface area contributed by atoms with Crippen LogP contribution in [0.5, 0.6) is 0 Å². The summed E-state index contributed by atoms with van der Waals surface area (Å²) >= 11 is 0. The average Bonchev–Trinajstić information content (AvgIpc) is 2.73. The Balaban J connectivity index is 2.07. The molecule has 8 nitrogen and oxygen atoms in total. The maximum absolute atomic E-state index is 12.4. The number of piperazine rings is 1. The number of carbonyl (C=O) groups excluding carboxylic acids is 2. The van der Waals surface area contributed by atoms with E-state index in [0.29, 0.717) is 13.1 Å². The molecule has 0 aromatic carbocycles. The zero-order valence-electron chi connectivity index (χ0n) is 13.9. The number of hydrogen-bond donors (Lipinski definition) is 2. The highest BCUT2D eigenvalue weighted by Gasteiger charge is 2.45. The van der Waals surface area contributed by atoms with Crippen LogP contribution in [0.2, 0.25) is 0 Å². The minimum atomic E-state index is -0.529. The number of likely N-dealkylation sites (tertiary alicyclic amines) is 1. The van der Waals surface area contributed by atoms with Crippen LogP contribution in [0, 0.1) is 0 Å². The van der Waals surface area contributed by atoms with Gasteiger partial charge in [0.1, 0.15) is 11.3 Å². The van der Waals surface area contributed by atoms with Gasteiger partial charge in [0, 0.05) is 19.3 Å². The largest absolute Gasteiger partial charge is 0.444 e. The van der Waals surface area contributed by atoms with E-state index in [0.717, 1.165) is 12.8 Å². The molecule has 0 aromatic rings. The molecule has 2 unspecified atom stereocenters. The topological polar surface area (TPSA) is 100 Å². The molecule has 2 atom stereocenters. The van der Waals surface area contributed by atoms with Crippen LogP contribution in [0.25, 0.3) is 0 Å². The number of ether oxygens (including phenoxy) is 1. The molecule has 2 bridgehead atoms. The van der Waals surface area contributed by atoms with Gasteiger partial charge >= 0.3 is 6.09 Å². The van der Waals surface area contributed by atoms with Crippen molar-refractivity contribution in [2.75, 3.05) is 13.1 Å². The monoisotopic (exact) mass is 323 g/mol. The third-order valence-corrected chi connectivity index (χ3v) is 3.98. The van der Waals surface area contributed by atoms with E-state index in [-0.39, 0.29) is 29.8 Å². The lowest BCUT2D eigenvalue weighted by molar-refractivity contribution is -0.130. The van der Waals surface area contributed by atoms with E-state index in [1.165, 1.54) is 6.20 Å². The molecule has 2 fully saturated rings. The number of carbonyl (C=O) groups is 2. The lowest BCUT2D eigenvalue weighted by atomic mass is 10.1. The summed E-state index contributed by atoms with van der Waals surface area (Å²) in [6.07, 6.45) is 2.74. The lowest BCUT2D eigenvalue weighted by Crippen LogP contribution is -2.58. The van der Waals surface area contributed by atoms with Crippen LogP contribution < -0.4 is 11.3 Å². The molecular formula is C15H25N5O3. The van der Waals surface area contributed by atoms with Gasteiger partial charge in [0.2, 0.25) is 0 Å². The van der Waals surface area contributed by atoms with Crippen molar-refractivity contribution in [2.24, 2.45) is 10.8 Å². The van der Waals surface area contributed by atoms with E-state index in [2.05, 4.69) is 17.1 Å². The minimum Gasteiger partial charge on any atom is -0.444 e. The van der Waals surface area contributed by atoms with Crippen LogP contribution in [-0.2, 0) is 9.53 Å². The van der Waals surface area contributed by atoms with Crippen molar-refractivity contribution in [3.63, 3.8) is 0 Å². The van der Waals surface area contributed by atoms with Crippen LogP contribution in [0.1, 0.15) is 33.6 Å². The Labute approximate surface area is 136 Å². The summed E-state index contributed by atoms with van der Waals surface area (Å²) in [6.45, 7) is 9.85. The van der Waals surface area contributed by atoms with Crippen molar-refractivity contribution in [1.29, 1.82) is 0 Å². The Bertz CT molecular complexity index is 512. The van der Waals surface area contributed by atoms with Crippen LogP contribution in [0.15, 0.2) is 16.9 Å². The molecule has 0 spiro atoms. The van der Waals surface area contributed by atoms with Crippen LogP contribution in [-0.4, -0.2) is 59.3 Å². The van der Waals surface area contributed by atoms with Gasteiger partial charge in [0.15, 0.2) is 0 Å². The van der Waals surface area contributed by atoms with Crippen molar-refractivity contribution < 1.29 is 14.3 Å². The minimum absolute atomic E-state index is 0.0237. The van der Waals surface area contributed by atoms with Gasteiger partial charge in [-0.15, -0.1) is 0 Å². The van der Waals surface area contributed by atoms with E-state index in [1.54, 1.807) is 9.80 Å². The molecule has 23 heavy (non-hydrogen) atoms. The fraction of sp³-hybridized carbons (Fsp3) is 0.667. The summed E-state index contributed by atoms with van der Waals surface area (Å²) in [6, 6.07) is -0.0473. The molecule has 8 heteroatoms. The van der Waals surface area contributed by atoms with Gasteiger partial charge in [0.25, 0.3) is 5.91 Å². The van der Waals surface area contributed by atoms with Crippen LogP contribution >= 0.6 is 0 Å². The predicted octanol–water partition coefficient (Wildman–Crippen LogP) is 0.602. The average molecular weight is 323 g/mol. The number of nitrogens with one attached hydrogen (secondary N) is 1. The molecule has 2 aliphatic heterocycles. The Morgan fingerprint density at radius 2 is 1.87 bits per heavy atom. The second kappa shape index (κ2) is 6.57. The molecule has 128 valence electrons. The summed E-state index contributed by atoms with van der Waals surface area (Å²) in [5, 5.41) is 0. The Hall–Kier alpha value is -2.09. The molecular weight excluding hydrogens is 298 g/mol. The molecule has 3 N–H and O–H groups in total. The van der Waals surface area contributed by atoms with Gasteiger partial charge in [-0.05, 0) is 40.3 Å². The Kier molecular flexibility index (Phi) is 4.93. The third kappa shape index (κ3) is 3.82. The maximum atomic E-state index is 12.4. The first kappa shape index (κ1) is 17.3. The SMILES string of the molecule is C=N/C(=C\NN)C(=O)N1CC2CCC(C1)N2C(=O)OC(C)(C)C.